The van der Waals surface area contributed by atoms with Crippen molar-refractivity contribution in [1.82, 2.24) is 0 Å². The van der Waals surface area contributed by atoms with Gasteiger partial charge in [-0.05, 0) is 70.6 Å². The van der Waals surface area contributed by atoms with Gasteiger partial charge in [0.15, 0.2) is 6.10 Å². The lowest BCUT2D eigenvalue weighted by molar-refractivity contribution is -0.167. The van der Waals surface area contributed by atoms with Crippen LogP contribution in [0.15, 0.2) is 36.5 Å². The first-order valence-corrected chi connectivity index (χ1v) is 22.5. The maximum Gasteiger partial charge on any atom is 0.306 e. The zero-order valence-electron chi connectivity index (χ0n) is 35.0. The van der Waals surface area contributed by atoms with Crippen molar-refractivity contribution >= 4 is 17.9 Å². The summed E-state index contributed by atoms with van der Waals surface area (Å²) < 4.78 is 16.7. The first kappa shape index (κ1) is 50.6. The van der Waals surface area contributed by atoms with Gasteiger partial charge in [-0.1, -0.05) is 173 Å². The minimum Gasteiger partial charge on any atom is -0.462 e. The molecule has 0 N–H and O–H groups in total. The Hall–Kier alpha value is -2.37. The maximum atomic E-state index is 12.7. The highest BCUT2D eigenvalue weighted by atomic mass is 16.6. The van der Waals surface area contributed by atoms with Crippen LogP contribution in [0.5, 0.6) is 0 Å². The van der Waals surface area contributed by atoms with E-state index in [2.05, 4.69) is 57.2 Å². The van der Waals surface area contributed by atoms with E-state index in [0.717, 1.165) is 103 Å². The Morgan fingerprint density at radius 2 is 0.736 bits per heavy atom. The molecule has 6 heteroatoms. The second kappa shape index (κ2) is 42.4. The van der Waals surface area contributed by atoms with Crippen LogP contribution >= 0.6 is 0 Å². The van der Waals surface area contributed by atoms with Crippen molar-refractivity contribution in [2.24, 2.45) is 0 Å². The highest BCUT2D eigenvalue weighted by Gasteiger charge is 2.19. The molecule has 0 fully saturated rings. The third kappa shape index (κ3) is 40.6. The number of unbranched alkanes of at least 4 members (excludes halogenated alkanes) is 23. The van der Waals surface area contributed by atoms with Gasteiger partial charge in [-0.2, -0.15) is 0 Å². The van der Waals surface area contributed by atoms with E-state index in [9.17, 15) is 14.4 Å². The molecule has 0 rings (SSSR count). The number of hydrogen-bond acceptors (Lipinski definition) is 6. The minimum absolute atomic E-state index is 0.0809. The third-order valence-corrected chi connectivity index (χ3v) is 9.63. The highest BCUT2D eigenvalue weighted by molar-refractivity contribution is 5.71. The second-order valence-corrected chi connectivity index (χ2v) is 14.9. The summed E-state index contributed by atoms with van der Waals surface area (Å²) >= 11 is 0. The first-order chi connectivity index (χ1) is 26.0. The summed E-state index contributed by atoms with van der Waals surface area (Å²) in [5.41, 5.74) is 0. The molecule has 0 aliphatic rings. The summed E-state index contributed by atoms with van der Waals surface area (Å²) in [6.45, 7) is 6.47. The Bertz CT molecular complexity index is 907. The van der Waals surface area contributed by atoms with E-state index in [1.165, 1.54) is 83.5 Å². The summed E-state index contributed by atoms with van der Waals surface area (Å²) in [5.74, 6) is -0.914. The molecule has 1 atom stereocenters. The minimum atomic E-state index is -0.779. The standard InChI is InChI=1S/C47H84O6/c1-4-7-10-13-16-19-22-24-26-28-31-34-37-40-46(49)52-43-44(42-51-45(48)39-36-33-30-27-21-18-15-12-9-6-3)53-47(50)41-38-35-32-29-25-23-20-17-14-11-8-5-2/h8,11,17,20,24,26,44H,4-7,9-10,12-16,18-19,21-23,25,27-43H2,1-3H3/b11-8-,20-17-,26-24-. The number of carbonyl (C=O) groups excluding carboxylic acids is 3. The molecular weight excluding hydrogens is 661 g/mol. The Kier molecular flexibility index (Phi) is 40.5. The Morgan fingerprint density at radius 3 is 1.17 bits per heavy atom. The lowest BCUT2D eigenvalue weighted by atomic mass is 10.1. The molecule has 0 heterocycles. The number of allylic oxidation sites excluding steroid dienone is 6. The molecule has 0 aliphatic carbocycles. The quantitative estimate of drug-likeness (QED) is 0.0269. The van der Waals surface area contributed by atoms with E-state index in [-0.39, 0.29) is 31.1 Å². The van der Waals surface area contributed by atoms with Crippen LogP contribution in [0.1, 0.15) is 226 Å². The average Bonchev–Trinajstić information content (AvgIpc) is 3.15. The zero-order chi connectivity index (χ0) is 38.7. The predicted molar refractivity (Wildman–Crippen MR) is 224 cm³/mol. The lowest BCUT2D eigenvalue weighted by Gasteiger charge is -2.18. The zero-order valence-corrected chi connectivity index (χ0v) is 35.0. The van der Waals surface area contributed by atoms with E-state index in [4.69, 9.17) is 14.2 Å². The average molecular weight is 745 g/mol. The van der Waals surface area contributed by atoms with Crippen molar-refractivity contribution in [3.05, 3.63) is 36.5 Å². The smallest absolute Gasteiger partial charge is 0.306 e. The van der Waals surface area contributed by atoms with Crippen molar-refractivity contribution in [2.75, 3.05) is 13.2 Å². The largest absolute Gasteiger partial charge is 0.462 e. The third-order valence-electron chi connectivity index (χ3n) is 9.63. The van der Waals surface area contributed by atoms with Crippen LogP contribution in [0.3, 0.4) is 0 Å². The van der Waals surface area contributed by atoms with E-state index in [1.54, 1.807) is 0 Å². The summed E-state index contributed by atoms with van der Waals surface area (Å²) in [6, 6.07) is 0. The van der Waals surface area contributed by atoms with Gasteiger partial charge in [0.05, 0.1) is 0 Å². The summed E-state index contributed by atoms with van der Waals surface area (Å²) in [7, 11) is 0. The first-order valence-electron chi connectivity index (χ1n) is 22.5. The summed E-state index contributed by atoms with van der Waals surface area (Å²) in [4.78, 5) is 37.6. The van der Waals surface area contributed by atoms with E-state index < -0.39 is 6.10 Å². The highest BCUT2D eigenvalue weighted by Crippen LogP contribution is 2.14. The molecule has 0 bridgehead atoms. The van der Waals surface area contributed by atoms with Crippen LogP contribution in [0.4, 0.5) is 0 Å². The van der Waals surface area contributed by atoms with Gasteiger partial charge in [0.2, 0.25) is 0 Å². The summed E-state index contributed by atoms with van der Waals surface area (Å²) in [5, 5.41) is 0. The molecule has 0 radical (unpaired) electrons. The number of esters is 3. The molecule has 0 saturated heterocycles. The molecular formula is C47H84O6. The normalized spacial score (nSPS) is 12.3. The number of hydrogen-bond donors (Lipinski definition) is 0. The van der Waals surface area contributed by atoms with Crippen molar-refractivity contribution < 1.29 is 28.6 Å². The molecule has 0 aromatic rings. The molecule has 308 valence electrons. The summed E-state index contributed by atoms with van der Waals surface area (Å²) in [6.07, 6.45) is 47.0. The fraction of sp³-hybridized carbons (Fsp3) is 0.809. The van der Waals surface area contributed by atoms with Crippen LogP contribution in [-0.4, -0.2) is 37.2 Å². The van der Waals surface area contributed by atoms with Gasteiger partial charge in [0.25, 0.3) is 0 Å². The van der Waals surface area contributed by atoms with Gasteiger partial charge in [0.1, 0.15) is 13.2 Å². The maximum absolute atomic E-state index is 12.7. The van der Waals surface area contributed by atoms with E-state index in [0.29, 0.717) is 19.3 Å². The number of rotatable bonds is 40. The van der Waals surface area contributed by atoms with E-state index in [1.807, 2.05) is 0 Å². The second-order valence-electron chi connectivity index (χ2n) is 14.9. The fourth-order valence-corrected chi connectivity index (χ4v) is 6.24. The van der Waals surface area contributed by atoms with Gasteiger partial charge in [0, 0.05) is 19.3 Å². The van der Waals surface area contributed by atoms with Crippen LogP contribution in [0.25, 0.3) is 0 Å². The Labute approximate surface area is 327 Å². The SMILES string of the molecule is CC/C=C\C/C=C\CCCCCCCC(=O)OC(COC(=O)CCCCC/C=C\CCCCCCCC)COC(=O)CCCCCCCCCCCC. The van der Waals surface area contributed by atoms with Gasteiger partial charge in [-0.3, -0.25) is 14.4 Å². The van der Waals surface area contributed by atoms with Crippen molar-refractivity contribution in [3.63, 3.8) is 0 Å². The topological polar surface area (TPSA) is 78.9 Å². The van der Waals surface area contributed by atoms with Gasteiger partial charge < -0.3 is 14.2 Å². The Balaban J connectivity index is 4.40. The van der Waals surface area contributed by atoms with Gasteiger partial charge >= 0.3 is 17.9 Å². The van der Waals surface area contributed by atoms with Crippen LogP contribution in [0, 0.1) is 0 Å². The molecule has 0 aromatic heterocycles. The molecule has 0 aromatic carbocycles. The van der Waals surface area contributed by atoms with Gasteiger partial charge in [-0.25, -0.2) is 0 Å². The van der Waals surface area contributed by atoms with E-state index >= 15 is 0 Å². The molecule has 53 heavy (non-hydrogen) atoms. The number of ether oxygens (including phenoxy) is 3. The fourth-order valence-electron chi connectivity index (χ4n) is 6.24. The Morgan fingerprint density at radius 1 is 0.396 bits per heavy atom. The molecule has 0 spiro atoms. The molecule has 0 amide bonds. The van der Waals surface area contributed by atoms with Crippen LogP contribution in [-0.2, 0) is 28.6 Å². The van der Waals surface area contributed by atoms with Crippen molar-refractivity contribution in [1.29, 1.82) is 0 Å². The van der Waals surface area contributed by atoms with Crippen LogP contribution in [0.2, 0.25) is 0 Å². The van der Waals surface area contributed by atoms with Crippen molar-refractivity contribution in [2.45, 2.75) is 232 Å². The lowest BCUT2D eigenvalue weighted by Crippen LogP contribution is -2.30. The van der Waals surface area contributed by atoms with Crippen LogP contribution < -0.4 is 0 Å². The monoisotopic (exact) mass is 745 g/mol. The predicted octanol–water partition coefficient (Wildman–Crippen LogP) is 14.2. The number of carbonyl (C=O) groups is 3. The molecule has 6 nitrogen and oxygen atoms in total. The van der Waals surface area contributed by atoms with Gasteiger partial charge in [-0.15, -0.1) is 0 Å². The molecule has 0 aliphatic heterocycles. The molecule has 0 saturated carbocycles. The molecule has 1 unspecified atom stereocenters. The van der Waals surface area contributed by atoms with Crippen molar-refractivity contribution in [3.8, 4) is 0 Å².